The summed E-state index contributed by atoms with van der Waals surface area (Å²) in [6, 6.07) is 2.14. The van der Waals surface area contributed by atoms with Gasteiger partial charge < -0.3 is 25.4 Å². The summed E-state index contributed by atoms with van der Waals surface area (Å²) in [4.78, 5) is 37.4. The molecule has 3 heterocycles. The third-order valence-electron chi connectivity index (χ3n) is 6.70. The summed E-state index contributed by atoms with van der Waals surface area (Å²) >= 11 is 1.08. The standard InChI is InChI=1S/C26H36FN5O4S/c1-26(2,35)15-29-23(33)24-31-20(25(34)32-11-9-17(27)10-12-32)21(37-24)16-13-19(36-3)22(28-14-16)30-18-7-5-4-6-8-18/h13-14,17-18,35H,4-12,15H2,1-3H3,(H,28,30)(H,29,33). The van der Waals surface area contributed by atoms with E-state index in [1.807, 2.05) is 0 Å². The van der Waals surface area contributed by atoms with Crippen molar-refractivity contribution in [3.8, 4) is 16.2 Å². The molecule has 0 atom stereocenters. The van der Waals surface area contributed by atoms with E-state index in [0.29, 0.717) is 41.1 Å². The average Bonchev–Trinajstić information content (AvgIpc) is 3.33. The number of methoxy groups -OCH3 is 1. The number of ether oxygens (including phenoxy) is 1. The molecule has 0 unspecified atom stereocenters. The predicted molar refractivity (Wildman–Crippen MR) is 141 cm³/mol. The van der Waals surface area contributed by atoms with Gasteiger partial charge in [0.2, 0.25) is 0 Å². The number of carbonyl (C=O) groups excluding carboxylic acids is 2. The summed E-state index contributed by atoms with van der Waals surface area (Å²) in [5, 5.41) is 16.2. The zero-order chi connectivity index (χ0) is 26.6. The van der Waals surface area contributed by atoms with Gasteiger partial charge in [-0.05, 0) is 45.6 Å². The lowest BCUT2D eigenvalue weighted by molar-refractivity contribution is 0.0660. The van der Waals surface area contributed by atoms with Gasteiger partial charge in [-0.2, -0.15) is 0 Å². The molecule has 2 aromatic heterocycles. The number of piperidine rings is 1. The highest BCUT2D eigenvalue weighted by molar-refractivity contribution is 7.17. The normalized spacial score (nSPS) is 17.5. The van der Waals surface area contributed by atoms with Crippen molar-refractivity contribution in [1.82, 2.24) is 20.2 Å². The number of amides is 2. The zero-order valence-corrected chi connectivity index (χ0v) is 22.5. The Bertz CT molecular complexity index is 1100. The number of rotatable bonds is 8. The maximum absolute atomic E-state index is 13.7. The molecule has 2 aromatic rings. The third kappa shape index (κ3) is 6.95. The number of pyridine rings is 1. The van der Waals surface area contributed by atoms with Gasteiger partial charge in [-0.15, -0.1) is 11.3 Å². The van der Waals surface area contributed by atoms with Crippen molar-refractivity contribution in [2.45, 2.75) is 76.6 Å². The molecule has 37 heavy (non-hydrogen) atoms. The van der Waals surface area contributed by atoms with Gasteiger partial charge >= 0.3 is 0 Å². The Morgan fingerprint density at radius 3 is 2.57 bits per heavy atom. The quantitative estimate of drug-likeness (QED) is 0.469. The summed E-state index contributed by atoms with van der Waals surface area (Å²) in [5.41, 5.74) is -0.356. The molecule has 2 fully saturated rings. The Labute approximate surface area is 220 Å². The van der Waals surface area contributed by atoms with Gasteiger partial charge in [0, 0.05) is 37.4 Å². The molecular formula is C26H36FN5O4S. The van der Waals surface area contributed by atoms with E-state index in [4.69, 9.17) is 4.74 Å². The second-order valence-corrected chi connectivity index (χ2v) is 11.4. The first-order valence-corrected chi connectivity index (χ1v) is 13.7. The van der Waals surface area contributed by atoms with Crippen molar-refractivity contribution in [1.29, 1.82) is 0 Å². The van der Waals surface area contributed by atoms with Gasteiger partial charge in [0.1, 0.15) is 11.9 Å². The van der Waals surface area contributed by atoms with E-state index in [-0.39, 0.29) is 36.0 Å². The van der Waals surface area contributed by atoms with Crippen LogP contribution in [0.3, 0.4) is 0 Å². The van der Waals surface area contributed by atoms with Crippen LogP contribution < -0.4 is 15.4 Å². The van der Waals surface area contributed by atoms with Crippen molar-refractivity contribution in [3.63, 3.8) is 0 Å². The Hall–Kier alpha value is -2.79. The van der Waals surface area contributed by atoms with E-state index in [0.717, 1.165) is 24.2 Å². The second-order valence-electron chi connectivity index (χ2n) is 10.4. The van der Waals surface area contributed by atoms with E-state index in [2.05, 4.69) is 20.6 Å². The average molecular weight is 534 g/mol. The molecule has 4 rings (SSSR count). The van der Waals surface area contributed by atoms with Gasteiger partial charge in [0.15, 0.2) is 16.6 Å². The number of likely N-dealkylation sites (tertiary alicyclic amines) is 1. The van der Waals surface area contributed by atoms with E-state index in [1.54, 1.807) is 38.1 Å². The number of nitrogens with zero attached hydrogens (tertiary/aromatic N) is 3. The molecule has 0 bridgehead atoms. The van der Waals surface area contributed by atoms with Gasteiger partial charge in [-0.3, -0.25) is 9.59 Å². The molecule has 3 N–H and O–H groups in total. The van der Waals surface area contributed by atoms with Crippen LogP contribution in [0.25, 0.3) is 10.4 Å². The van der Waals surface area contributed by atoms with Crippen LogP contribution in [0.15, 0.2) is 12.3 Å². The van der Waals surface area contributed by atoms with Crippen molar-refractivity contribution < 1.29 is 23.8 Å². The minimum Gasteiger partial charge on any atom is -0.493 e. The fourth-order valence-corrected chi connectivity index (χ4v) is 5.56. The number of alkyl halides is 1. The SMILES string of the molecule is COc1cc(-c2sc(C(=O)NCC(C)(C)O)nc2C(=O)N2CCC(F)CC2)cnc1NC1CCCCC1. The second kappa shape index (κ2) is 11.7. The lowest BCUT2D eigenvalue weighted by atomic mass is 9.95. The largest absolute Gasteiger partial charge is 0.493 e. The van der Waals surface area contributed by atoms with Crippen LogP contribution in [-0.4, -0.2) is 76.3 Å². The van der Waals surface area contributed by atoms with E-state index in [9.17, 15) is 19.1 Å². The topological polar surface area (TPSA) is 117 Å². The number of nitrogens with one attached hydrogen (secondary N) is 2. The summed E-state index contributed by atoms with van der Waals surface area (Å²) in [6.45, 7) is 3.80. The van der Waals surface area contributed by atoms with Crippen LogP contribution in [0, 0.1) is 0 Å². The maximum atomic E-state index is 13.7. The van der Waals surface area contributed by atoms with Crippen molar-refractivity contribution >= 4 is 29.0 Å². The Balaban J connectivity index is 1.65. The molecular weight excluding hydrogens is 497 g/mol. The predicted octanol–water partition coefficient (Wildman–Crippen LogP) is 4.03. The Morgan fingerprint density at radius 1 is 1.22 bits per heavy atom. The number of thiazole rings is 1. The summed E-state index contributed by atoms with van der Waals surface area (Å²) in [5.74, 6) is 0.360. The fourth-order valence-electron chi connectivity index (χ4n) is 4.60. The van der Waals surface area contributed by atoms with Crippen LogP contribution in [0.2, 0.25) is 0 Å². The van der Waals surface area contributed by atoms with E-state index < -0.39 is 17.7 Å². The first kappa shape index (κ1) is 27.3. The van der Waals surface area contributed by atoms with Crippen molar-refractivity contribution in [3.05, 3.63) is 23.0 Å². The molecule has 0 aromatic carbocycles. The number of aliphatic hydroxyl groups is 1. The van der Waals surface area contributed by atoms with Gasteiger partial charge in [0.25, 0.3) is 11.8 Å². The molecule has 2 amide bonds. The van der Waals surface area contributed by atoms with Crippen LogP contribution >= 0.6 is 11.3 Å². The van der Waals surface area contributed by atoms with Crippen LogP contribution in [0.4, 0.5) is 10.2 Å². The third-order valence-corrected chi connectivity index (χ3v) is 7.80. The molecule has 9 nitrogen and oxygen atoms in total. The summed E-state index contributed by atoms with van der Waals surface area (Å²) in [7, 11) is 1.57. The Morgan fingerprint density at radius 2 is 1.92 bits per heavy atom. The van der Waals surface area contributed by atoms with Crippen LogP contribution in [0.1, 0.15) is 79.1 Å². The van der Waals surface area contributed by atoms with Crippen LogP contribution in [-0.2, 0) is 0 Å². The van der Waals surface area contributed by atoms with Gasteiger partial charge in [-0.25, -0.2) is 14.4 Å². The van der Waals surface area contributed by atoms with Crippen molar-refractivity contribution in [2.24, 2.45) is 0 Å². The summed E-state index contributed by atoms with van der Waals surface area (Å²) < 4.78 is 19.3. The highest BCUT2D eigenvalue weighted by Gasteiger charge is 2.30. The van der Waals surface area contributed by atoms with Gasteiger partial charge in [0.05, 0.1) is 17.6 Å². The van der Waals surface area contributed by atoms with E-state index >= 15 is 0 Å². The van der Waals surface area contributed by atoms with Gasteiger partial charge in [-0.1, -0.05) is 19.3 Å². The molecule has 202 valence electrons. The molecule has 2 aliphatic rings. The number of anilines is 1. The van der Waals surface area contributed by atoms with Crippen molar-refractivity contribution in [2.75, 3.05) is 32.1 Å². The molecule has 1 saturated carbocycles. The lowest BCUT2D eigenvalue weighted by Gasteiger charge is -2.28. The first-order valence-electron chi connectivity index (χ1n) is 12.9. The maximum Gasteiger partial charge on any atom is 0.280 e. The highest BCUT2D eigenvalue weighted by atomic mass is 32.1. The molecule has 1 aliphatic heterocycles. The monoisotopic (exact) mass is 533 g/mol. The van der Waals surface area contributed by atoms with Crippen LogP contribution in [0.5, 0.6) is 5.75 Å². The zero-order valence-electron chi connectivity index (χ0n) is 21.7. The number of aromatic nitrogens is 2. The Kier molecular flexibility index (Phi) is 8.63. The fraction of sp³-hybridized carbons (Fsp3) is 0.615. The number of hydrogen-bond donors (Lipinski definition) is 3. The highest BCUT2D eigenvalue weighted by Crippen LogP contribution is 2.36. The minimum atomic E-state index is -1.09. The number of halogens is 1. The summed E-state index contributed by atoms with van der Waals surface area (Å²) in [6.07, 6.45) is 7.08. The van der Waals surface area contributed by atoms with E-state index in [1.165, 1.54) is 19.3 Å². The smallest absolute Gasteiger partial charge is 0.280 e. The minimum absolute atomic E-state index is 0.0327. The first-order chi connectivity index (χ1) is 17.6. The molecule has 0 spiro atoms. The number of carbonyl (C=O) groups is 2. The number of hydrogen-bond acceptors (Lipinski definition) is 8. The molecule has 1 saturated heterocycles. The molecule has 0 radical (unpaired) electrons. The lowest BCUT2D eigenvalue weighted by Crippen LogP contribution is -2.39. The molecule has 1 aliphatic carbocycles. The molecule has 11 heteroatoms.